The Bertz CT molecular complexity index is 797. The van der Waals surface area contributed by atoms with Crippen LogP contribution in [0, 0.1) is 25.2 Å². The fraction of sp³-hybridized carbons (Fsp3) is 0.176. The van der Waals surface area contributed by atoms with E-state index in [-0.39, 0.29) is 5.57 Å². The van der Waals surface area contributed by atoms with Crippen LogP contribution in [-0.4, -0.2) is 17.5 Å². The molecular formula is C17H16ClN3O. The van der Waals surface area contributed by atoms with Crippen LogP contribution in [0.25, 0.3) is 11.8 Å². The van der Waals surface area contributed by atoms with Gasteiger partial charge >= 0.3 is 0 Å². The van der Waals surface area contributed by atoms with E-state index in [1.807, 2.05) is 54.8 Å². The predicted molar refractivity (Wildman–Crippen MR) is 87.9 cm³/mol. The smallest absolute Gasteiger partial charge is 0.261 e. The highest BCUT2D eigenvalue weighted by Gasteiger charge is 2.12. The number of aromatic nitrogens is 1. The number of likely N-dealkylation sites (N-methyl/N-ethyl adjacent to an activating group) is 1. The number of halogens is 1. The van der Waals surface area contributed by atoms with Crippen LogP contribution in [0.5, 0.6) is 0 Å². The average Bonchev–Trinajstić information content (AvgIpc) is 2.78. The van der Waals surface area contributed by atoms with E-state index in [1.165, 1.54) is 7.05 Å². The Hall–Kier alpha value is -2.51. The summed E-state index contributed by atoms with van der Waals surface area (Å²) >= 11 is 6.05. The summed E-state index contributed by atoms with van der Waals surface area (Å²) in [5, 5.41) is 12.2. The maximum atomic E-state index is 11.6. The number of carbonyl (C=O) groups is 1. The molecule has 2 rings (SSSR count). The van der Waals surface area contributed by atoms with Crippen LogP contribution in [0.15, 0.2) is 35.9 Å². The van der Waals surface area contributed by atoms with Gasteiger partial charge in [0.15, 0.2) is 0 Å². The van der Waals surface area contributed by atoms with Gasteiger partial charge in [0.25, 0.3) is 5.91 Å². The number of carbonyl (C=O) groups excluding carboxylic acids is 1. The van der Waals surface area contributed by atoms with Gasteiger partial charge in [-0.05, 0) is 49.8 Å². The van der Waals surface area contributed by atoms with Crippen LogP contribution in [0.3, 0.4) is 0 Å². The summed E-state index contributed by atoms with van der Waals surface area (Å²) < 4.78 is 2.04. The summed E-state index contributed by atoms with van der Waals surface area (Å²) in [6.45, 7) is 3.91. The van der Waals surface area contributed by atoms with Gasteiger partial charge in [0.2, 0.25) is 0 Å². The molecule has 1 heterocycles. The van der Waals surface area contributed by atoms with Crippen molar-refractivity contribution in [2.24, 2.45) is 0 Å². The molecule has 0 saturated carbocycles. The third kappa shape index (κ3) is 3.05. The summed E-state index contributed by atoms with van der Waals surface area (Å²) in [4.78, 5) is 11.6. The molecule has 2 aromatic rings. The average molecular weight is 314 g/mol. The molecule has 0 aliphatic rings. The van der Waals surface area contributed by atoms with Gasteiger partial charge in [-0.1, -0.05) is 17.7 Å². The lowest BCUT2D eigenvalue weighted by atomic mass is 10.1. The van der Waals surface area contributed by atoms with E-state index in [9.17, 15) is 4.79 Å². The first-order valence-corrected chi connectivity index (χ1v) is 7.14. The molecule has 1 aromatic carbocycles. The van der Waals surface area contributed by atoms with Gasteiger partial charge < -0.3 is 9.88 Å². The number of hydrogen-bond donors (Lipinski definition) is 1. The maximum absolute atomic E-state index is 11.6. The van der Waals surface area contributed by atoms with Gasteiger partial charge in [-0.15, -0.1) is 0 Å². The minimum atomic E-state index is -0.393. The molecule has 4 nitrogen and oxygen atoms in total. The molecule has 112 valence electrons. The number of nitriles is 1. The third-order valence-corrected chi connectivity index (χ3v) is 3.66. The van der Waals surface area contributed by atoms with Gasteiger partial charge in [0.05, 0.1) is 0 Å². The Morgan fingerprint density at radius 2 is 2.09 bits per heavy atom. The highest BCUT2D eigenvalue weighted by Crippen LogP contribution is 2.24. The summed E-state index contributed by atoms with van der Waals surface area (Å²) in [6.07, 6.45) is 1.60. The maximum Gasteiger partial charge on any atom is 0.261 e. The summed E-state index contributed by atoms with van der Waals surface area (Å²) in [6, 6.07) is 11.4. The highest BCUT2D eigenvalue weighted by molar-refractivity contribution is 6.30. The number of nitrogens with zero attached hydrogens (tertiary/aromatic N) is 2. The van der Waals surface area contributed by atoms with Crippen molar-refractivity contribution in [1.29, 1.82) is 5.26 Å². The first-order chi connectivity index (χ1) is 10.5. The van der Waals surface area contributed by atoms with E-state index in [2.05, 4.69) is 5.32 Å². The largest absolute Gasteiger partial charge is 0.354 e. The Labute approximate surface area is 134 Å². The van der Waals surface area contributed by atoms with Crippen LogP contribution < -0.4 is 5.32 Å². The molecule has 0 aliphatic heterocycles. The molecule has 5 heteroatoms. The molecule has 0 atom stereocenters. The molecule has 0 aliphatic carbocycles. The van der Waals surface area contributed by atoms with E-state index in [0.29, 0.717) is 5.02 Å². The second-order valence-corrected chi connectivity index (χ2v) is 5.33. The van der Waals surface area contributed by atoms with E-state index in [1.54, 1.807) is 6.08 Å². The van der Waals surface area contributed by atoms with Crippen LogP contribution in [-0.2, 0) is 4.79 Å². The number of hydrogen-bond acceptors (Lipinski definition) is 2. The first kappa shape index (κ1) is 15.9. The van der Waals surface area contributed by atoms with Gasteiger partial charge in [0, 0.05) is 29.1 Å². The van der Waals surface area contributed by atoms with Crippen molar-refractivity contribution in [1.82, 2.24) is 9.88 Å². The van der Waals surface area contributed by atoms with Crippen LogP contribution in [0.2, 0.25) is 5.02 Å². The first-order valence-electron chi connectivity index (χ1n) is 6.76. The van der Waals surface area contributed by atoms with E-state index < -0.39 is 5.91 Å². The molecule has 0 spiro atoms. The van der Waals surface area contributed by atoms with E-state index in [4.69, 9.17) is 16.9 Å². The number of benzene rings is 1. The summed E-state index contributed by atoms with van der Waals surface area (Å²) in [7, 11) is 1.50. The molecule has 0 radical (unpaired) electrons. The number of aryl methyl sites for hydroxylation is 1. The second-order valence-electron chi connectivity index (χ2n) is 4.89. The molecule has 0 bridgehead atoms. The minimum Gasteiger partial charge on any atom is -0.354 e. The van der Waals surface area contributed by atoms with Crippen LogP contribution >= 0.6 is 11.6 Å². The fourth-order valence-electron chi connectivity index (χ4n) is 2.39. The lowest BCUT2D eigenvalue weighted by Gasteiger charge is -2.10. The minimum absolute atomic E-state index is 0.0776. The number of nitrogens with one attached hydrogen (secondary N) is 1. The lowest BCUT2D eigenvalue weighted by molar-refractivity contribution is -0.116. The zero-order chi connectivity index (χ0) is 16.3. The Morgan fingerprint density at radius 3 is 2.68 bits per heavy atom. The van der Waals surface area contributed by atoms with Crippen LogP contribution in [0.4, 0.5) is 0 Å². The fourth-order valence-corrected chi connectivity index (χ4v) is 2.57. The van der Waals surface area contributed by atoms with Crippen molar-refractivity contribution in [3.8, 4) is 11.8 Å². The van der Waals surface area contributed by atoms with Gasteiger partial charge in [-0.3, -0.25) is 4.79 Å². The van der Waals surface area contributed by atoms with E-state index >= 15 is 0 Å². The van der Waals surface area contributed by atoms with Gasteiger partial charge in [0.1, 0.15) is 11.6 Å². The Kier molecular flexibility index (Phi) is 4.69. The second kappa shape index (κ2) is 6.50. The number of rotatable bonds is 3. The monoisotopic (exact) mass is 313 g/mol. The van der Waals surface area contributed by atoms with Crippen molar-refractivity contribution in [2.45, 2.75) is 13.8 Å². The van der Waals surface area contributed by atoms with Crippen molar-refractivity contribution >= 4 is 23.6 Å². The summed E-state index contributed by atoms with van der Waals surface area (Å²) in [5.74, 6) is -0.393. The highest BCUT2D eigenvalue weighted by atomic mass is 35.5. The molecule has 22 heavy (non-hydrogen) atoms. The van der Waals surface area contributed by atoms with Crippen molar-refractivity contribution in [3.05, 3.63) is 57.9 Å². The Balaban J connectivity index is 2.55. The molecule has 1 N–H and O–H groups in total. The van der Waals surface area contributed by atoms with E-state index in [0.717, 1.165) is 22.6 Å². The normalized spacial score (nSPS) is 11.1. The Morgan fingerprint density at radius 1 is 1.36 bits per heavy atom. The van der Waals surface area contributed by atoms with Crippen molar-refractivity contribution in [2.75, 3.05) is 7.05 Å². The molecule has 1 amide bonds. The topological polar surface area (TPSA) is 57.8 Å². The molecule has 0 fully saturated rings. The summed E-state index contributed by atoms with van der Waals surface area (Å²) in [5.41, 5.74) is 3.80. The van der Waals surface area contributed by atoms with Crippen molar-refractivity contribution in [3.63, 3.8) is 0 Å². The lowest BCUT2D eigenvalue weighted by Crippen LogP contribution is -2.19. The zero-order valence-corrected chi connectivity index (χ0v) is 13.4. The quantitative estimate of drug-likeness (QED) is 0.697. The van der Waals surface area contributed by atoms with Crippen molar-refractivity contribution < 1.29 is 4.79 Å². The van der Waals surface area contributed by atoms with Gasteiger partial charge in [-0.2, -0.15) is 5.26 Å². The predicted octanol–water partition coefficient (Wildman–Crippen LogP) is 3.40. The SMILES string of the molecule is CNC(=O)/C(C#N)=C/c1cc(C)n(-c2cccc(Cl)c2)c1C. The molecule has 0 unspecified atom stereocenters. The van der Waals surface area contributed by atoms with Crippen LogP contribution in [0.1, 0.15) is 17.0 Å². The third-order valence-electron chi connectivity index (χ3n) is 3.43. The zero-order valence-electron chi connectivity index (χ0n) is 12.6. The molecule has 0 saturated heterocycles. The standard InChI is InChI=1S/C17H16ClN3O/c1-11-7-13(8-14(10-19)17(22)20-3)12(2)21(11)16-6-4-5-15(18)9-16/h4-9H,1-3H3,(H,20,22)/b14-8+. The number of amides is 1. The van der Waals surface area contributed by atoms with Gasteiger partial charge in [-0.25, -0.2) is 0 Å². The molecule has 1 aromatic heterocycles. The molecular weight excluding hydrogens is 298 g/mol.